The summed E-state index contributed by atoms with van der Waals surface area (Å²) in [4.78, 5) is 25.4. The fourth-order valence-electron chi connectivity index (χ4n) is 7.06. The van der Waals surface area contributed by atoms with Gasteiger partial charge in [-0.1, -0.05) is 213 Å². The average molecular weight is 913 g/mol. The molecular weight excluding hydrogens is 813 g/mol. The molecule has 0 aliphatic rings. The number of unbranched alkanes of at least 4 members (excludes halogenated alkanes) is 17. The summed E-state index contributed by atoms with van der Waals surface area (Å²) < 4.78 is 17.4. The Morgan fingerprint density at radius 3 is 1.03 bits per heavy atom. The van der Waals surface area contributed by atoms with Gasteiger partial charge in [0.15, 0.2) is 6.10 Å². The van der Waals surface area contributed by atoms with Crippen LogP contribution in [0.15, 0.2) is 122 Å². The fraction of sp³-hybridized carbons (Fsp3) is 0.639. The summed E-state index contributed by atoms with van der Waals surface area (Å²) in [7, 11) is 0. The molecule has 5 nitrogen and oxygen atoms in total. The third-order valence-corrected chi connectivity index (χ3v) is 11.0. The summed E-state index contributed by atoms with van der Waals surface area (Å²) in [5.41, 5.74) is 0. The van der Waals surface area contributed by atoms with E-state index in [1.54, 1.807) is 0 Å². The van der Waals surface area contributed by atoms with Crippen LogP contribution in [-0.2, 0) is 23.8 Å². The minimum Gasteiger partial charge on any atom is -0.462 e. The lowest BCUT2D eigenvalue weighted by molar-refractivity contribution is -0.163. The van der Waals surface area contributed by atoms with Gasteiger partial charge in [-0.05, 0) is 122 Å². The number of esters is 2. The second-order valence-corrected chi connectivity index (χ2v) is 17.3. The van der Waals surface area contributed by atoms with E-state index in [4.69, 9.17) is 14.2 Å². The first kappa shape index (κ1) is 62.3. The lowest BCUT2D eigenvalue weighted by Gasteiger charge is -2.18. The number of ether oxygens (including phenoxy) is 3. The van der Waals surface area contributed by atoms with Crippen molar-refractivity contribution in [1.29, 1.82) is 0 Å². The molecule has 0 N–H and O–H groups in total. The summed E-state index contributed by atoms with van der Waals surface area (Å²) >= 11 is 0. The van der Waals surface area contributed by atoms with Crippen molar-refractivity contribution in [3.05, 3.63) is 122 Å². The van der Waals surface area contributed by atoms with Gasteiger partial charge in [-0.25, -0.2) is 0 Å². The SMILES string of the molecule is CC/C=C\C/C=C\C/C=C\C/C=C\CCCCCCCCCOCC(COC(=O)CCCCCCCCC/C=C\C/C=C\C/C=C\CC)OC(=O)CCCCC/C=C\C/C=C\C/C=C\CC. The van der Waals surface area contributed by atoms with Gasteiger partial charge in [0.05, 0.1) is 6.61 Å². The molecule has 374 valence electrons. The molecule has 0 spiro atoms. The molecule has 5 heteroatoms. The van der Waals surface area contributed by atoms with Gasteiger partial charge < -0.3 is 14.2 Å². The Morgan fingerprint density at radius 2 is 0.636 bits per heavy atom. The largest absolute Gasteiger partial charge is 0.462 e. The molecule has 66 heavy (non-hydrogen) atoms. The highest BCUT2D eigenvalue weighted by Crippen LogP contribution is 2.13. The van der Waals surface area contributed by atoms with Gasteiger partial charge in [0.25, 0.3) is 0 Å². The second kappa shape index (κ2) is 55.6. The molecule has 0 saturated carbocycles. The van der Waals surface area contributed by atoms with E-state index in [2.05, 4.69) is 142 Å². The standard InChI is InChI=1S/C61H100O5/c1-4-7-10-13-16-19-22-25-27-29-30-31-33-35-38-41-44-47-50-53-56-64-57-59(66-61(63)55-52-49-46-43-40-36-24-21-18-15-12-9-6-3)58-65-60(62)54-51-48-45-42-39-37-34-32-28-26-23-20-17-14-11-8-5-2/h7-12,16-21,25-28,30-31,36,40,59H,4-6,13-15,22-24,29,32-35,37-39,41-58H2,1-3H3/b10-7-,11-8-,12-9-,19-16-,20-17-,21-18-,27-25-,28-26-,31-30-,40-36-. The first-order valence-corrected chi connectivity index (χ1v) is 27.1. The number of carbonyl (C=O) groups excluding carboxylic acids is 2. The molecule has 0 amide bonds. The van der Waals surface area contributed by atoms with Crippen molar-refractivity contribution in [2.45, 2.75) is 232 Å². The van der Waals surface area contributed by atoms with Crippen LogP contribution in [0.3, 0.4) is 0 Å². The minimum atomic E-state index is -0.570. The van der Waals surface area contributed by atoms with Crippen molar-refractivity contribution in [1.82, 2.24) is 0 Å². The van der Waals surface area contributed by atoms with Crippen LogP contribution in [0, 0.1) is 0 Å². The lowest BCUT2D eigenvalue weighted by Crippen LogP contribution is -2.30. The maximum atomic E-state index is 12.8. The van der Waals surface area contributed by atoms with Gasteiger partial charge in [0.1, 0.15) is 6.61 Å². The Kier molecular flexibility index (Phi) is 52.5. The maximum absolute atomic E-state index is 12.8. The molecule has 0 aliphatic heterocycles. The molecule has 0 radical (unpaired) electrons. The first-order chi connectivity index (χ1) is 32.6. The fourth-order valence-corrected chi connectivity index (χ4v) is 7.06. The van der Waals surface area contributed by atoms with E-state index < -0.39 is 6.10 Å². The smallest absolute Gasteiger partial charge is 0.306 e. The quantitative estimate of drug-likeness (QED) is 0.0346. The van der Waals surface area contributed by atoms with Crippen molar-refractivity contribution >= 4 is 11.9 Å². The molecule has 0 aromatic rings. The molecule has 0 aromatic carbocycles. The van der Waals surface area contributed by atoms with E-state index in [-0.39, 0.29) is 25.2 Å². The monoisotopic (exact) mass is 913 g/mol. The van der Waals surface area contributed by atoms with Gasteiger partial charge in [-0.15, -0.1) is 0 Å². The summed E-state index contributed by atoms with van der Waals surface area (Å²) in [5.74, 6) is -0.455. The number of allylic oxidation sites excluding steroid dienone is 20. The van der Waals surface area contributed by atoms with Crippen molar-refractivity contribution in [3.63, 3.8) is 0 Å². The Bertz CT molecular complexity index is 1350. The van der Waals surface area contributed by atoms with Gasteiger partial charge in [0, 0.05) is 19.4 Å². The van der Waals surface area contributed by atoms with Crippen LogP contribution in [0.2, 0.25) is 0 Å². The summed E-state index contributed by atoms with van der Waals surface area (Å²) in [6, 6.07) is 0. The van der Waals surface area contributed by atoms with Gasteiger partial charge in [-0.3, -0.25) is 9.59 Å². The zero-order chi connectivity index (χ0) is 47.7. The van der Waals surface area contributed by atoms with E-state index in [1.165, 1.54) is 57.8 Å². The number of hydrogen-bond donors (Lipinski definition) is 0. The van der Waals surface area contributed by atoms with Crippen LogP contribution in [0.5, 0.6) is 0 Å². The topological polar surface area (TPSA) is 61.8 Å². The number of hydrogen-bond acceptors (Lipinski definition) is 5. The molecule has 0 saturated heterocycles. The highest BCUT2D eigenvalue weighted by molar-refractivity contribution is 5.70. The average Bonchev–Trinajstić information content (AvgIpc) is 3.32. The van der Waals surface area contributed by atoms with Crippen molar-refractivity contribution < 1.29 is 23.8 Å². The molecule has 0 aliphatic carbocycles. The summed E-state index contributed by atoms with van der Waals surface area (Å²) in [6.07, 6.45) is 77.9. The van der Waals surface area contributed by atoms with Crippen LogP contribution in [-0.4, -0.2) is 37.9 Å². The van der Waals surface area contributed by atoms with Crippen molar-refractivity contribution in [3.8, 4) is 0 Å². The predicted molar refractivity (Wildman–Crippen MR) is 288 cm³/mol. The van der Waals surface area contributed by atoms with Gasteiger partial charge >= 0.3 is 11.9 Å². The normalized spacial score (nSPS) is 13.2. The summed E-state index contributed by atoms with van der Waals surface area (Å²) in [5, 5.41) is 0. The zero-order valence-electron chi connectivity index (χ0n) is 42.9. The Morgan fingerprint density at radius 1 is 0.333 bits per heavy atom. The van der Waals surface area contributed by atoms with Crippen molar-refractivity contribution in [2.75, 3.05) is 19.8 Å². The second-order valence-electron chi connectivity index (χ2n) is 17.3. The highest BCUT2D eigenvalue weighted by atomic mass is 16.6. The summed E-state index contributed by atoms with van der Waals surface area (Å²) in [6.45, 7) is 7.42. The number of rotatable bonds is 48. The molecule has 0 rings (SSSR count). The first-order valence-electron chi connectivity index (χ1n) is 27.1. The van der Waals surface area contributed by atoms with E-state index in [1.807, 2.05) is 0 Å². The Labute approximate surface area is 407 Å². The van der Waals surface area contributed by atoms with Crippen LogP contribution in [0.25, 0.3) is 0 Å². The third kappa shape index (κ3) is 52.9. The molecule has 0 heterocycles. The molecule has 0 aromatic heterocycles. The van der Waals surface area contributed by atoms with Gasteiger partial charge in [0.2, 0.25) is 0 Å². The lowest BCUT2D eigenvalue weighted by atomic mass is 10.1. The molecular formula is C61H100O5. The zero-order valence-corrected chi connectivity index (χ0v) is 42.9. The molecule has 1 atom stereocenters. The van der Waals surface area contributed by atoms with Gasteiger partial charge in [-0.2, -0.15) is 0 Å². The molecule has 1 unspecified atom stereocenters. The Balaban J connectivity index is 4.34. The molecule has 0 fully saturated rings. The predicted octanol–water partition coefficient (Wildman–Crippen LogP) is 18.6. The highest BCUT2D eigenvalue weighted by Gasteiger charge is 2.17. The van der Waals surface area contributed by atoms with Crippen molar-refractivity contribution in [2.24, 2.45) is 0 Å². The van der Waals surface area contributed by atoms with Crippen LogP contribution < -0.4 is 0 Å². The van der Waals surface area contributed by atoms with E-state index in [0.29, 0.717) is 19.4 Å². The minimum absolute atomic E-state index is 0.0562. The third-order valence-electron chi connectivity index (χ3n) is 11.0. The van der Waals surface area contributed by atoms with E-state index >= 15 is 0 Å². The van der Waals surface area contributed by atoms with Crippen LogP contribution in [0.4, 0.5) is 0 Å². The maximum Gasteiger partial charge on any atom is 0.306 e. The van der Waals surface area contributed by atoms with E-state index in [0.717, 1.165) is 135 Å². The van der Waals surface area contributed by atoms with Crippen LogP contribution >= 0.6 is 0 Å². The van der Waals surface area contributed by atoms with Crippen LogP contribution in [0.1, 0.15) is 226 Å². The molecule has 0 bridgehead atoms. The Hall–Kier alpha value is -3.70. The number of carbonyl (C=O) groups is 2. The van der Waals surface area contributed by atoms with E-state index in [9.17, 15) is 9.59 Å².